The minimum absolute atomic E-state index is 0. The van der Waals surface area contributed by atoms with Gasteiger partial charge >= 0.3 is 0 Å². The predicted molar refractivity (Wildman–Crippen MR) is 225 cm³/mol. The van der Waals surface area contributed by atoms with E-state index in [9.17, 15) is 0 Å². The molecule has 8 rings (SSSR count). The van der Waals surface area contributed by atoms with Gasteiger partial charge < -0.3 is 0 Å². The summed E-state index contributed by atoms with van der Waals surface area (Å²) in [5.41, 5.74) is 4.29. The van der Waals surface area contributed by atoms with Crippen molar-refractivity contribution in [1.82, 2.24) is 0 Å². The molecule has 0 saturated heterocycles. The van der Waals surface area contributed by atoms with E-state index in [0.29, 0.717) is 0 Å². The van der Waals surface area contributed by atoms with Crippen molar-refractivity contribution in [2.24, 2.45) is 0 Å². The van der Waals surface area contributed by atoms with Crippen molar-refractivity contribution in [2.75, 3.05) is 0 Å². The molecule has 0 fully saturated rings. The molecule has 274 valence electrons. The molecule has 8 aromatic carbocycles. The fourth-order valence-corrected chi connectivity index (χ4v) is 3.28. The monoisotopic (exact) mass is 778 g/mol. The summed E-state index contributed by atoms with van der Waals surface area (Å²) in [6.45, 7) is 14.9. The predicted octanol–water partition coefficient (Wildman–Crippen LogP) is 13.4. The molecule has 8 aromatic rings. The van der Waals surface area contributed by atoms with E-state index in [0.717, 1.165) is 22.3 Å². The van der Waals surface area contributed by atoms with E-state index in [-0.39, 0.29) is 20.4 Å². The Morgan fingerprint density at radius 1 is 0.208 bits per heavy atom. The van der Waals surface area contributed by atoms with Crippen LogP contribution < -0.4 is 0 Å². The minimum atomic E-state index is 0. The number of hydrogen-bond acceptors (Lipinski definition) is 0. The Labute approximate surface area is 335 Å². The van der Waals surface area contributed by atoms with Gasteiger partial charge in [0.25, 0.3) is 0 Å². The van der Waals surface area contributed by atoms with E-state index in [4.69, 9.17) is 0 Å². The summed E-state index contributed by atoms with van der Waals surface area (Å²) in [6.07, 6.45) is 0. The molecule has 0 aromatic heterocycles. The zero-order valence-electron chi connectivity index (χ0n) is 30.2. The first-order valence-corrected chi connectivity index (χ1v) is 16.7. The maximum atomic E-state index is 3.72. The van der Waals surface area contributed by atoms with Gasteiger partial charge in [0, 0.05) is 20.4 Å². The van der Waals surface area contributed by atoms with Gasteiger partial charge in [-0.2, -0.15) is 244 Å². The van der Waals surface area contributed by atoms with Crippen molar-refractivity contribution in [2.45, 2.75) is 0 Å². The smallest absolute Gasteiger partial charge is 0 e. The van der Waals surface area contributed by atoms with Gasteiger partial charge in [0.2, 0.25) is 0 Å². The SMILES string of the molecule is [CH2-]c1ccccc1.[CH2-]c1ccccc1.[CH2-]c1ccccc1.[CH2-]c1ccccc1.[Pd].[c-]1ccccc1.[c-]1ccccc1.[c-]1ccccc1.[c-]1ccccc1. The van der Waals surface area contributed by atoms with Crippen LogP contribution in [0, 0.1) is 52.0 Å². The maximum Gasteiger partial charge on any atom is 0 e. The van der Waals surface area contributed by atoms with Gasteiger partial charge in [0.05, 0.1) is 0 Å². The molecule has 0 spiro atoms. The molecule has 1 heteroatoms. The third-order valence-electron chi connectivity index (χ3n) is 5.80. The van der Waals surface area contributed by atoms with Crippen molar-refractivity contribution < 1.29 is 20.4 Å². The molecule has 53 heavy (non-hydrogen) atoms. The van der Waals surface area contributed by atoms with Gasteiger partial charge in [-0.1, -0.05) is 24.3 Å². The first kappa shape index (κ1) is 46.9. The van der Waals surface area contributed by atoms with Crippen molar-refractivity contribution in [3.8, 4) is 0 Å². The summed E-state index contributed by atoms with van der Waals surface area (Å²) in [4.78, 5) is 0. The Morgan fingerprint density at radius 3 is 0.396 bits per heavy atom. The first-order valence-electron chi connectivity index (χ1n) is 16.7. The van der Waals surface area contributed by atoms with Crippen LogP contribution in [0.1, 0.15) is 22.3 Å². The first-order chi connectivity index (χ1) is 25.6. The van der Waals surface area contributed by atoms with Crippen LogP contribution in [0.3, 0.4) is 0 Å². The van der Waals surface area contributed by atoms with Crippen LogP contribution in [-0.2, 0) is 20.4 Å². The Balaban J connectivity index is 0.000000582. The number of rotatable bonds is 0. The fraction of sp³-hybridized carbons (Fsp3) is 0. The number of benzene rings is 8. The zero-order valence-corrected chi connectivity index (χ0v) is 31.8. The van der Waals surface area contributed by atoms with Crippen LogP contribution in [0.25, 0.3) is 0 Å². The van der Waals surface area contributed by atoms with Gasteiger partial charge in [0.15, 0.2) is 0 Å². The maximum absolute atomic E-state index is 3.72. The van der Waals surface area contributed by atoms with Crippen LogP contribution >= 0.6 is 0 Å². The van der Waals surface area contributed by atoms with E-state index in [1.165, 1.54) is 0 Å². The molecule has 0 N–H and O–H groups in total. The van der Waals surface area contributed by atoms with Crippen LogP contribution in [0.5, 0.6) is 0 Å². The third-order valence-corrected chi connectivity index (χ3v) is 5.80. The second-order valence-electron chi connectivity index (χ2n) is 10.3. The van der Waals surface area contributed by atoms with Crippen LogP contribution in [0.15, 0.2) is 243 Å². The molecular formula is C52H48Pd-8. The Kier molecular flexibility index (Phi) is 32.9. The van der Waals surface area contributed by atoms with Crippen molar-refractivity contribution >= 4 is 0 Å². The molecule has 0 aliphatic heterocycles. The van der Waals surface area contributed by atoms with Gasteiger partial charge in [-0.25, -0.2) is 0 Å². The molecule has 0 radical (unpaired) electrons. The van der Waals surface area contributed by atoms with Crippen molar-refractivity contribution in [3.63, 3.8) is 0 Å². The molecule has 0 saturated carbocycles. The average molecular weight is 779 g/mol. The van der Waals surface area contributed by atoms with Crippen LogP contribution in [-0.4, -0.2) is 0 Å². The molecule has 0 nitrogen and oxygen atoms in total. The summed E-state index contributed by atoms with van der Waals surface area (Å²) < 4.78 is 0. The average Bonchev–Trinajstić information content (AvgIpc) is 3.23. The minimum Gasteiger partial charge on any atom is -0.199 e. The summed E-state index contributed by atoms with van der Waals surface area (Å²) >= 11 is 0. The van der Waals surface area contributed by atoms with E-state index in [2.05, 4.69) is 52.0 Å². The Morgan fingerprint density at radius 2 is 0.340 bits per heavy atom. The largest absolute Gasteiger partial charge is 0.199 e. The summed E-state index contributed by atoms with van der Waals surface area (Å²) in [6, 6.07) is 89.5. The Hall–Kier alpha value is -6.10. The summed E-state index contributed by atoms with van der Waals surface area (Å²) in [7, 11) is 0. The molecule has 0 atom stereocenters. The fourth-order valence-electron chi connectivity index (χ4n) is 3.28. The quantitative estimate of drug-likeness (QED) is 0.106. The molecule has 0 bridgehead atoms. The second kappa shape index (κ2) is 37.2. The molecule has 0 aliphatic carbocycles. The Bertz CT molecular complexity index is 1370. The second-order valence-corrected chi connectivity index (χ2v) is 10.3. The van der Waals surface area contributed by atoms with E-state index in [1.54, 1.807) is 0 Å². The van der Waals surface area contributed by atoms with Crippen molar-refractivity contribution in [1.29, 1.82) is 0 Å². The summed E-state index contributed by atoms with van der Waals surface area (Å²) in [5, 5.41) is 0. The van der Waals surface area contributed by atoms with Gasteiger partial charge in [-0.15, -0.1) is 48.5 Å². The molecule has 0 aliphatic rings. The molecule has 0 heterocycles. The van der Waals surface area contributed by atoms with Gasteiger partial charge in [0.1, 0.15) is 0 Å². The molecule has 0 unspecified atom stereocenters. The van der Waals surface area contributed by atoms with Crippen LogP contribution in [0.4, 0.5) is 0 Å². The summed E-state index contributed by atoms with van der Waals surface area (Å²) in [5.74, 6) is 0. The molecular weight excluding hydrogens is 731 g/mol. The normalized spacial score (nSPS) is 8.15. The van der Waals surface area contributed by atoms with E-state index >= 15 is 0 Å². The topological polar surface area (TPSA) is 0 Å². The molecule has 0 amide bonds. The van der Waals surface area contributed by atoms with Crippen LogP contribution in [0.2, 0.25) is 0 Å². The standard InChI is InChI=1S/4C7H7.4C6H5.Pd/c4*1-7-5-3-2-4-6-7;4*1-2-4-6-5-3-1;/h4*2-6H,1H2;4*1-5H;/q8*-1;. The van der Waals surface area contributed by atoms with Gasteiger partial charge in [-0.05, 0) is 0 Å². The van der Waals surface area contributed by atoms with Gasteiger partial charge in [-0.3, -0.25) is 0 Å². The number of hydrogen-bond donors (Lipinski definition) is 0. The van der Waals surface area contributed by atoms with Crippen molar-refractivity contribution in [3.05, 3.63) is 317 Å². The zero-order chi connectivity index (χ0) is 37.4. The third kappa shape index (κ3) is 35.5. The van der Waals surface area contributed by atoms with E-state index < -0.39 is 0 Å². The van der Waals surface area contributed by atoms with E-state index in [1.807, 2.05) is 243 Å².